The highest BCUT2D eigenvalue weighted by Crippen LogP contribution is 2.22. The number of anilines is 2. The summed E-state index contributed by atoms with van der Waals surface area (Å²) in [6, 6.07) is 16.2. The Morgan fingerprint density at radius 2 is 1.59 bits per heavy atom. The highest BCUT2D eigenvalue weighted by molar-refractivity contribution is 5.91. The van der Waals surface area contributed by atoms with E-state index in [9.17, 15) is 9.59 Å². The molecular formula is C32H51ClN4O2. The van der Waals surface area contributed by atoms with E-state index in [4.69, 9.17) is 5.73 Å². The van der Waals surface area contributed by atoms with Crippen molar-refractivity contribution in [2.45, 2.75) is 85.6 Å². The van der Waals surface area contributed by atoms with Gasteiger partial charge in [0.1, 0.15) is 0 Å². The molecule has 6 nitrogen and oxygen atoms in total. The summed E-state index contributed by atoms with van der Waals surface area (Å²) in [6.45, 7) is 14.8. The molecule has 0 aliphatic carbocycles. The third kappa shape index (κ3) is 12.4. The van der Waals surface area contributed by atoms with Gasteiger partial charge < -0.3 is 33.3 Å². The molecule has 1 unspecified atom stereocenters. The summed E-state index contributed by atoms with van der Waals surface area (Å²) in [5.41, 5.74) is 9.87. The standard InChI is InChI=1S/C32H50N4O2.ClH/c1-6-7-19-36(26(4)5,21-18-34-32(38)23-27-13-9-8-10-14-27)20-12-11-15-31(37)35-29-17-16-28(22-25(2)3)30(33)24-29;/h8-10,13-14,16-17,24-26H,6-7,11-12,15,18-23,33H2,1-5H3,(H-,34,35,37,38);1H. The van der Waals surface area contributed by atoms with E-state index >= 15 is 0 Å². The molecule has 2 aromatic rings. The van der Waals surface area contributed by atoms with Crippen molar-refractivity contribution in [2.75, 3.05) is 37.2 Å². The Balaban J connectivity index is 0.00000760. The van der Waals surface area contributed by atoms with Crippen LogP contribution in [0.25, 0.3) is 0 Å². The fourth-order valence-electron chi connectivity index (χ4n) is 5.08. The smallest absolute Gasteiger partial charge is 0.224 e. The first kappa shape index (κ1) is 34.5. The Hall–Kier alpha value is -2.57. The van der Waals surface area contributed by atoms with Crippen LogP contribution in [0.1, 0.15) is 77.8 Å². The first-order valence-electron chi connectivity index (χ1n) is 14.5. The number of amides is 2. The van der Waals surface area contributed by atoms with Crippen LogP contribution in [0.15, 0.2) is 48.5 Å². The SMILES string of the molecule is CCCC[N+](CCCCC(=O)Nc1ccc(CC(C)C)c(N)c1)(CCNC(=O)Cc1ccccc1)C(C)C.[Cl-]. The van der Waals surface area contributed by atoms with E-state index in [-0.39, 0.29) is 24.2 Å². The fourth-order valence-corrected chi connectivity index (χ4v) is 5.08. The van der Waals surface area contributed by atoms with Gasteiger partial charge in [-0.05, 0) is 68.7 Å². The summed E-state index contributed by atoms with van der Waals surface area (Å²) >= 11 is 0. The number of rotatable bonds is 17. The second-order valence-electron chi connectivity index (χ2n) is 11.4. The Morgan fingerprint density at radius 3 is 2.21 bits per heavy atom. The fraction of sp³-hybridized carbons (Fsp3) is 0.562. The normalized spacial score (nSPS) is 12.6. The van der Waals surface area contributed by atoms with Crippen molar-refractivity contribution in [1.29, 1.82) is 0 Å². The molecule has 2 rings (SSSR count). The van der Waals surface area contributed by atoms with Gasteiger partial charge >= 0.3 is 0 Å². The van der Waals surface area contributed by atoms with E-state index in [0.29, 0.717) is 31.3 Å². The number of hydrogen-bond donors (Lipinski definition) is 3. The predicted molar refractivity (Wildman–Crippen MR) is 160 cm³/mol. The van der Waals surface area contributed by atoms with Crippen molar-refractivity contribution in [3.05, 3.63) is 59.7 Å². The van der Waals surface area contributed by atoms with Gasteiger partial charge in [0.2, 0.25) is 11.8 Å². The minimum absolute atomic E-state index is 0. The molecule has 218 valence electrons. The van der Waals surface area contributed by atoms with Gasteiger partial charge in [0.15, 0.2) is 0 Å². The lowest BCUT2D eigenvalue weighted by atomic mass is 10.0. The number of halogens is 1. The van der Waals surface area contributed by atoms with E-state index < -0.39 is 0 Å². The number of unbranched alkanes of at least 4 members (excludes halogenated alkanes) is 2. The van der Waals surface area contributed by atoms with Gasteiger partial charge in [0.05, 0.1) is 38.6 Å². The Labute approximate surface area is 243 Å². The zero-order chi connectivity index (χ0) is 28.0. The van der Waals surface area contributed by atoms with Gasteiger partial charge in [-0.25, -0.2) is 0 Å². The number of nitrogens with zero attached hydrogens (tertiary/aromatic N) is 1. The first-order valence-corrected chi connectivity index (χ1v) is 14.5. The van der Waals surface area contributed by atoms with E-state index in [2.05, 4.69) is 45.3 Å². The molecule has 0 bridgehead atoms. The van der Waals surface area contributed by atoms with Gasteiger partial charge in [0, 0.05) is 17.8 Å². The molecule has 0 spiro atoms. The van der Waals surface area contributed by atoms with Crippen LogP contribution in [0.2, 0.25) is 0 Å². The van der Waals surface area contributed by atoms with Crippen LogP contribution >= 0.6 is 0 Å². The molecule has 2 amide bonds. The number of nitrogens with two attached hydrogens (primary N) is 1. The number of carbonyl (C=O) groups is 2. The Morgan fingerprint density at radius 1 is 0.897 bits per heavy atom. The maximum Gasteiger partial charge on any atom is 0.224 e. The third-order valence-corrected chi connectivity index (χ3v) is 7.45. The van der Waals surface area contributed by atoms with Gasteiger partial charge in [-0.1, -0.05) is 63.6 Å². The van der Waals surface area contributed by atoms with E-state index in [1.54, 1.807) is 0 Å². The largest absolute Gasteiger partial charge is 1.00 e. The van der Waals surface area contributed by atoms with Crippen LogP contribution in [-0.2, 0) is 22.4 Å². The summed E-state index contributed by atoms with van der Waals surface area (Å²) in [7, 11) is 0. The zero-order valence-electron chi connectivity index (χ0n) is 24.8. The van der Waals surface area contributed by atoms with Crippen molar-refractivity contribution in [2.24, 2.45) is 5.92 Å². The summed E-state index contributed by atoms with van der Waals surface area (Å²) in [6.07, 6.45) is 5.96. The average Bonchev–Trinajstić information content (AvgIpc) is 2.86. The number of hydrogen-bond acceptors (Lipinski definition) is 3. The first-order chi connectivity index (χ1) is 18.1. The van der Waals surface area contributed by atoms with E-state index in [0.717, 1.165) is 78.7 Å². The molecule has 0 aliphatic rings. The van der Waals surface area contributed by atoms with Crippen LogP contribution in [0, 0.1) is 5.92 Å². The van der Waals surface area contributed by atoms with Gasteiger partial charge in [0.25, 0.3) is 0 Å². The molecular weight excluding hydrogens is 508 g/mol. The van der Waals surface area contributed by atoms with Crippen molar-refractivity contribution in [3.63, 3.8) is 0 Å². The number of carbonyl (C=O) groups excluding carboxylic acids is 2. The lowest BCUT2D eigenvalue weighted by molar-refractivity contribution is -0.947. The number of nitrogens with one attached hydrogen (secondary N) is 2. The quantitative estimate of drug-likeness (QED) is 0.159. The van der Waals surface area contributed by atoms with Gasteiger partial charge in [-0.3, -0.25) is 9.59 Å². The molecule has 0 fully saturated rings. The molecule has 0 saturated heterocycles. The van der Waals surface area contributed by atoms with Crippen LogP contribution in [-0.4, -0.2) is 48.5 Å². The average molecular weight is 559 g/mol. The van der Waals surface area contributed by atoms with Crippen molar-refractivity contribution >= 4 is 23.2 Å². The van der Waals surface area contributed by atoms with Crippen LogP contribution in [0.3, 0.4) is 0 Å². The summed E-state index contributed by atoms with van der Waals surface area (Å²) in [5.74, 6) is 0.644. The lowest BCUT2D eigenvalue weighted by Crippen LogP contribution is -3.00. The topological polar surface area (TPSA) is 84.2 Å². The Bertz CT molecular complexity index is 997. The molecule has 0 heterocycles. The molecule has 39 heavy (non-hydrogen) atoms. The second kappa shape index (κ2) is 17.9. The minimum Gasteiger partial charge on any atom is -1.00 e. The summed E-state index contributed by atoms with van der Waals surface area (Å²) in [4.78, 5) is 25.1. The van der Waals surface area contributed by atoms with Gasteiger partial charge in [-0.2, -0.15) is 0 Å². The lowest BCUT2D eigenvalue weighted by Gasteiger charge is -2.43. The summed E-state index contributed by atoms with van der Waals surface area (Å²) < 4.78 is 0.967. The van der Waals surface area contributed by atoms with Crippen LogP contribution in [0.5, 0.6) is 0 Å². The molecule has 0 saturated carbocycles. The molecule has 0 radical (unpaired) electrons. The van der Waals surface area contributed by atoms with Gasteiger partial charge in [-0.15, -0.1) is 0 Å². The number of quaternary nitrogens is 1. The van der Waals surface area contributed by atoms with Crippen molar-refractivity contribution in [3.8, 4) is 0 Å². The molecule has 4 N–H and O–H groups in total. The molecule has 1 atom stereocenters. The molecule has 2 aromatic carbocycles. The van der Waals surface area contributed by atoms with E-state index in [1.807, 2.05) is 48.5 Å². The van der Waals surface area contributed by atoms with Crippen LogP contribution in [0.4, 0.5) is 11.4 Å². The zero-order valence-corrected chi connectivity index (χ0v) is 25.5. The van der Waals surface area contributed by atoms with E-state index in [1.165, 1.54) is 0 Å². The highest BCUT2D eigenvalue weighted by atomic mass is 35.5. The third-order valence-electron chi connectivity index (χ3n) is 7.45. The monoisotopic (exact) mass is 558 g/mol. The molecule has 7 heteroatoms. The molecule has 0 aromatic heterocycles. The maximum absolute atomic E-state index is 12.6. The Kier molecular flexibility index (Phi) is 15.8. The van der Waals surface area contributed by atoms with Crippen LogP contribution < -0.4 is 28.8 Å². The van der Waals surface area contributed by atoms with Crippen molar-refractivity contribution < 1.29 is 26.5 Å². The predicted octanol–water partition coefficient (Wildman–Crippen LogP) is 2.96. The number of nitrogen functional groups attached to an aromatic ring is 1. The minimum atomic E-state index is 0. The summed E-state index contributed by atoms with van der Waals surface area (Å²) in [5, 5.41) is 6.16. The molecule has 0 aliphatic heterocycles. The number of benzene rings is 2. The van der Waals surface area contributed by atoms with Crippen molar-refractivity contribution in [1.82, 2.24) is 5.32 Å². The maximum atomic E-state index is 12.6. The second-order valence-corrected chi connectivity index (χ2v) is 11.4. The highest BCUT2D eigenvalue weighted by Gasteiger charge is 2.30.